The molecule has 0 amide bonds. The molecule has 6 rings (SSSR count). The molecule has 6 nitrogen and oxygen atoms in total. The van der Waals surface area contributed by atoms with Crippen LogP contribution in [0.15, 0.2) is 47.5 Å². The Labute approximate surface area is 240 Å². The Morgan fingerprint density at radius 1 is 1.05 bits per heavy atom. The molecule has 4 unspecified atom stereocenters. The lowest BCUT2D eigenvalue weighted by molar-refractivity contribution is 0.178. The first-order valence-corrected chi connectivity index (χ1v) is 14.7. The van der Waals surface area contributed by atoms with Crippen molar-refractivity contribution in [3.63, 3.8) is 0 Å². The molecule has 2 saturated heterocycles. The molecular weight excluding hydrogens is 525 g/mol. The number of ether oxygens (including phenoxy) is 1. The highest BCUT2D eigenvalue weighted by Gasteiger charge is 2.34. The Bertz CT molecular complexity index is 1540. The number of rotatable bonds is 6. The molecule has 8 heteroatoms. The van der Waals surface area contributed by atoms with Crippen LogP contribution in [-0.2, 0) is 0 Å². The zero-order chi connectivity index (χ0) is 27.8. The monoisotopic (exact) mass is 561 g/mol. The molecule has 2 aliphatic heterocycles. The number of fused-ring (bicyclic) bond motifs is 3. The summed E-state index contributed by atoms with van der Waals surface area (Å²) in [5.41, 5.74) is 1.96. The van der Waals surface area contributed by atoms with Crippen LogP contribution in [0.25, 0.3) is 28.8 Å². The number of anilines is 1. The molecule has 1 N–H and O–H groups in total. The van der Waals surface area contributed by atoms with E-state index < -0.39 is 0 Å². The van der Waals surface area contributed by atoms with Crippen LogP contribution in [0.3, 0.4) is 0 Å². The largest absolute Gasteiger partial charge is 0.460 e. The molecule has 40 heavy (non-hydrogen) atoms. The highest BCUT2D eigenvalue weighted by Crippen LogP contribution is 2.30. The summed E-state index contributed by atoms with van der Waals surface area (Å²) >= 11 is 7.00. The number of benzene rings is 2. The van der Waals surface area contributed by atoms with Crippen LogP contribution in [0.1, 0.15) is 44.6 Å². The van der Waals surface area contributed by atoms with Crippen LogP contribution in [0, 0.1) is 0 Å². The first-order valence-electron chi connectivity index (χ1n) is 14.3. The van der Waals surface area contributed by atoms with Crippen molar-refractivity contribution in [1.82, 2.24) is 20.2 Å². The van der Waals surface area contributed by atoms with Gasteiger partial charge in [0.05, 0.1) is 0 Å². The summed E-state index contributed by atoms with van der Waals surface area (Å²) in [5.74, 6) is 0.679. The number of aromatic nitrogens is 2. The second-order valence-electron chi connectivity index (χ2n) is 11.6. The Balaban J connectivity index is 1.44. The van der Waals surface area contributed by atoms with E-state index in [0.717, 1.165) is 67.1 Å². The minimum absolute atomic E-state index is 0.0128. The lowest BCUT2D eigenvalue weighted by Gasteiger charge is -2.34. The van der Waals surface area contributed by atoms with Crippen molar-refractivity contribution < 1.29 is 9.13 Å². The first-order chi connectivity index (χ1) is 19.4. The van der Waals surface area contributed by atoms with Gasteiger partial charge in [0.1, 0.15) is 23.6 Å². The van der Waals surface area contributed by atoms with Crippen LogP contribution in [0.2, 0.25) is 0 Å². The number of nitrogens with zero attached hydrogens (tertiary/aromatic N) is 4. The summed E-state index contributed by atoms with van der Waals surface area (Å²) < 4.78 is 20.8. The van der Waals surface area contributed by atoms with Gasteiger partial charge < -0.3 is 19.9 Å². The van der Waals surface area contributed by atoms with Gasteiger partial charge in [-0.1, -0.05) is 54.1 Å². The van der Waals surface area contributed by atoms with Gasteiger partial charge >= 0.3 is 6.01 Å². The molecule has 0 radical (unpaired) electrons. The third-order valence-electron chi connectivity index (χ3n) is 8.74. The third-order valence-corrected chi connectivity index (χ3v) is 9.13. The minimum Gasteiger partial charge on any atom is -0.460 e. The Morgan fingerprint density at radius 2 is 1.80 bits per heavy atom. The lowest BCUT2D eigenvalue weighted by Crippen LogP contribution is -2.53. The zero-order valence-electron chi connectivity index (χ0n) is 23.4. The van der Waals surface area contributed by atoms with Crippen LogP contribution in [0.4, 0.5) is 10.2 Å². The van der Waals surface area contributed by atoms with Crippen molar-refractivity contribution in [3.8, 4) is 6.01 Å². The fourth-order valence-electron chi connectivity index (χ4n) is 6.50. The van der Waals surface area contributed by atoms with Crippen molar-refractivity contribution >= 4 is 46.2 Å². The van der Waals surface area contributed by atoms with E-state index in [9.17, 15) is 4.39 Å². The van der Waals surface area contributed by atoms with E-state index >= 15 is 0 Å². The molecule has 1 aromatic heterocycles. The van der Waals surface area contributed by atoms with Crippen molar-refractivity contribution in [3.05, 3.63) is 63.6 Å². The lowest BCUT2D eigenvalue weighted by atomic mass is 9.99. The Hall–Kier alpha value is -3.00. The predicted molar refractivity (Wildman–Crippen MR) is 162 cm³/mol. The molecule has 210 valence electrons. The second-order valence-corrected chi connectivity index (χ2v) is 12.0. The molecule has 2 bridgehead atoms. The van der Waals surface area contributed by atoms with Crippen molar-refractivity contribution in [1.29, 1.82) is 0 Å². The van der Waals surface area contributed by atoms with Gasteiger partial charge in [-0.05, 0) is 81.1 Å². The van der Waals surface area contributed by atoms with Crippen molar-refractivity contribution in [2.75, 3.05) is 32.1 Å². The maximum Gasteiger partial charge on any atom is 0.319 e. The van der Waals surface area contributed by atoms with E-state index in [4.69, 9.17) is 21.3 Å². The van der Waals surface area contributed by atoms with Crippen LogP contribution in [0.5, 0.6) is 6.01 Å². The summed E-state index contributed by atoms with van der Waals surface area (Å²) in [6.45, 7) is 3.61. The summed E-state index contributed by atoms with van der Waals surface area (Å²) in [6, 6.07) is 15.9. The van der Waals surface area contributed by atoms with Gasteiger partial charge in [-0.15, -0.1) is 0 Å². The molecular formula is C32H37ClFN5O. The smallest absolute Gasteiger partial charge is 0.319 e. The van der Waals surface area contributed by atoms with Crippen molar-refractivity contribution in [2.45, 2.75) is 63.3 Å². The minimum atomic E-state index is 0.0128. The summed E-state index contributed by atoms with van der Waals surface area (Å²) in [7, 11) is 4.19. The number of allylic oxidation sites excluding steroid dienone is 2. The predicted octanol–water partition coefficient (Wildman–Crippen LogP) is 4.59. The van der Waals surface area contributed by atoms with Gasteiger partial charge in [-0.3, -0.25) is 0 Å². The van der Waals surface area contributed by atoms with Crippen LogP contribution >= 0.6 is 11.6 Å². The number of halogens is 2. The highest BCUT2D eigenvalue weighted by atomic mass is 35.5. The molecule has 3 heterocycles. The van der Waals surface area contributed by atoms with E-state index in [1.807, 2.05) is 31.2 Å². The number of nitrogens with one attached hydrogen (secondary N) is 1. The van der Waals surface area contributed by atoms with Crippen LogP contribution in [-0.4, -0.2) is 66.3 Å². The van der Waals surface area contributed by atoms with Gasteiger partial charge in [0.15, 0.2) is 0 Å². The second kappa shape index (κ2) is 11.5. The number of hydrogen-bond donors (Lipinski definition) is 1. The molecule has 4 atom stereocenters. The quantitative estimate of drug-likeness (QED) is 0.475. The maximum absolute atomic E-state index is 14.6. The summed E-state index contributed by atoms with van der Waals surface area (Å²) in [4.78, 5) is 13.9. The van der Waals surface area contributed by atoms with E-state index in [2.05, 4.69) is 58.5 Å². The van der Waals surface area contributed by atoms with Gasteiger partial charge in [0.2, 0.25) is 0 Å². The average Bonchev–Trinajstić information content (AvgIpc) is 3.58. The van der Waals surface area contributed by atoms with Gasteiger partial charge in [0, 0.05) is 41.5 Å². The fraction of sp³-hybridized carbons (Fsp3) is 0.438. The third kappa shape index (κ3) is 5.47. The SMILES string of the molecule is C\C(=C(Cl)/C=c1/c(N2CC3CCC(C2)N3)nc(OC2CCC(N(C)C)C2)n/c1=C\F)c1cccc2ccccc12. The first kappa shape index (κ1) is 27.2. The molecule has 1 aliphatic carbocycles. The van der Waals surface area contributed by atoms with Crippen LogP contribution < -0.4 is 25.5 Å². The van der Waals surface area contributed by atoms with E-state index in [1.165, 1.54) is 0 Å². The van der Waals surface area contributed by atoms with Gasteiger partial charge in [-0.25, -0.2) is 4.39 Å². The Kier molecular flexibility index (Phi) is 7.80. The number of hydrogen-bond acceptors (Lipinski definition) is 6. The highest BCUT2D eigenvalue weighted by molar-refractivity contribution is 6.37. The summed E-state index contributed by atoms with van der Waals surface area (Å²) in [5, 5.41) is 7.25. The fourth-order valence-corrected chi connectivity index (χ4v) is 6.71. The normalized spacial score (nSPS) is 26.2. The molecule has 3 aliphatic rings. The molecule has 0 spiro atoms. The molecule has 3 fully saturated rings. The zero-order valence-corrected chi connectivity index (χ0v) is 24.2. The Morgan fingerprint density at radius 3 is 2.52 bits per heavy atom. The average molecular weight is 562 g/mol. The summed E-state index contributed by atoms with van der Waals surface area (Å²) in [6.07, 6.45) is 7.55. The standard InChI is InChI=1S/C32H37ClFN5O/c1-20(26-10-6-8-21-7-4-5-9-27(21)26)29(33)16-28-30(17-34)36-32(40-25-14-13-24(15-25)38(2)3)37-31(28)39-18-22-11-12-23(19-39)35-22/h4-10,16-17,22-25,35H,11-15,18-19H2,1-3H3/b28-16+,29-20-,30-17-. The topological polar surface area (TPSA) is 53.5 Å². The van der Waals surface area contributed by atoms with Gasteiger partial charge in [0.25, 0.3) is 0 Å². The molecule has 1 saturated carbocycles. The van der Waals surface area contributed by atoms with Crippen molar-refractivity contribution in [2.24, 2.45) is 0 Å². The molecule has 3 aromatic rings. The van der Waals surface area contributed by atoms with E-state index in [-0.39, 0.29) is 17.5 Å². The number of piperazine rings is 1. The van der Waals surface area contributed by atoms with E-state index in [1.54, 1.807) is 0 Å². The molecule has 2 aromatic carbocycles. The van der Waals surface area contributed by atoms with E-state index in [0.29, 0.717) is 40.5 Å². The van der Waals surface area contributed by atoms with Gasteiger partial charge in [-0.2, -0.15) is 9.97 Å². The maximum atomic E-state index is 14.6.